The Morgan fingerprint density at radius 3 is 2.83 bits per heavy atom. The highest BCUT2D eigenvalue weighted by Crippen LogP contribution is 2.16. The summed E-state index contributed by atoms with van der Waals surface area (Å²) >= 11 is 0. The van der Waals surface area contributed by atoms with Gasteiger partial charge >= 0.3 is 6.03 Å². The number of amides is 2. The van der Waals surface area contributed by atoms with Crippen molar-refractivity contribution in [1.29, 1.82) is 0 Å². The van der Waals surface area contributed by atoms with Crippen LogP contribution in [0.2, 0.25) is 0 Å². The van der Waals surface area contributed by atoms with E-state index in [2.05, 4.69) is 12.2 Å². The number of hydrogen-bond acceptors (Lipinski definition) is 2. The number of benzene rings is 1. The van der Waals surface area contributed by atoms with Crippen LogP contribution in [0.15, 0.2) is 24.3 Å². The van der Waals surface area contributed by atoms with Gasteiger partial charge in [0.15, 0.2) is 0 Å². The monoisotopic (exact) mass is 248 g/mol. The summed E-state index contributed by atoms with van der Waals surface area (Å²) in [6.07, 6.45) is 2.17. The normalized spacial score (nSPS) is 16.6. The quantitative estimate of drug-likeness (QED) is 0.844. The van der Waals surface area contributed by atoms with Gasteiger partial charge in [0.1, 0.15) is 5.75 Å². The average Bonchev–Trinajstić information content (AvgIpc) is 2.37. The third-order valence-electron chi connectivity index (χ3n) is 3.43. The first-order valence-electron chi connectivity index (χ1n) is 6.46. The zero-order valence-electron chi connectivity index (χ0n) is 10.7. The second-order valence-electron chi connectivity index (χ2n) is 5.00. The number of rotatable bonds is 2. The fourth-order valence-corrected chi connectivity index (χ4v) is 2.17. The molecule has 0 atom stereocenters. The zero-order chi connectivity index (χ0) is 13.0. The average molecular weight is 248 g/mol. The van der Waals surface area contributed by atoms with Crippen molar-refractivity contribution in [2.24, 2.45) is 5.92 Å². The summed E-state index contributed by atoms with van der Waals surface area (Å²) in [5.74, 6) is 0.952. The summed E-state index contributed by atoms with van der Waals surface area (Å²) in [6, 6.07) is 6.94. The van der Waals surface area contributed by atoms with Crippen LogP contribution >= 0.6 is 0 Å². The predicted octanol–water partition coefficient (Wildman–Crippen LogP) is 2.33. The van der Waals surface area contributed by atoms with Crippen molar-refractivity contribution in [3.05, 3.63) is 29.8 Å². The molecule has 1 heterocycles. The van der Waals surface area contributed by atoms with Gasteiger partial charge in [-0.05, 0) is 36.5 Å². The molecule has 2 rings (SSSR count). The van der Waals surface area contributed by atoms with E-state index >= 15 is 0 Å². The summed E-state index contributed by atoms with van der Waals surface area (Å²) in [5.41, 5.74) is 0.911. The SMILES string of the molecule is CC1CCN(C(=O)NCc2cccc(O)c2)CC1. The third kappa shape index (κ3) is 3.39. The lowest BCUT2D eigenvalue weighted by molar-refractivity contribution is 0.173. The van der Waals surface area contributed by atoms with Gasteiger partial charge in [0.2, 0.25) is 0 Å². The minimum absolute atomic E-state index is 0.00903. The molecule has 4 nitrogen and oxygen atoms in total. The zero-order valence-corrected chi connectivity index (χ0v) is 10.7. The van der Waals surface area contributed by atoms with Crippen LogP contribution in [-0.4, -0.2) is 29.1 Å². The number of carbonyl (C=O) groups excluding carboxylic acids is 1. The fourth-order valence-electron chi connectivity index (χ4n) is 2.17. The number of carbonyl (C=O) groups is 1. The molecule has 2 amide bonds. The van der Waals surface area contributed by atoms with Crippen LogP contribution in [0, 0.1) is 5.92 Å². The second kappa shape index (κ2) is 5.76. The standard InChI is InChI=1S/C14H20N2O2/c1-11-5-7-16(8-6-11)14(18)15-10-12-3-2-4-13(17)9-12/h2-4,9,11,17H,5-8,10H2,1H3,(H,15,18). The largest absolute Gasteiger partial charge is 0.508 e. The molecule has 1 aliphatic rings. The summed E-state index contributed by atoms with van der Waals surface area (Å²) in [5, 5.41) is 12.2. The van der Waals surface area contributed by atoms with E-state index in [-0.39, 0.29) is 11.8 Å². The lowest BCUT2D eigenvalue weighted by atomic mass is 10.00. The Kier molecular flexibility index (Phi) is 4.07. The molecule has 1 aliphatic heterocycles. The number of aromatic hydroxyl groups is 1. The molecular formula is C14H20N2O2. The molecule has 1 fully saturated rings. The summed E-state index contributed by atoms with van der Waals surface area (Å²) in [4.78, 5) is 13.8. The van der Waals surface area contributed by atoms with Crippen molar-refractivity contribution in [2.75, 3.05) is 13.1 Å². The van der Waals surface area contributed by atoms with E-state index in [0.29, 0.717) is 6.54 Å². The van der Waals surface area contributed by atoms with E-state index in [4.69, 9.17) is 0 Å². The molecule has 0 saturated carbocycles. The summed E-state index contributed by atoms with van der Waals surface area (Å²) in [6.45, 7) is 4.36. The molecule has 98 valence electrons. The number of nitrogens with one attached hydrogen (secondary N) is 1. The molecule has 2 N–H and O–H groups in total. The van der Waals surface area contributed by atoms with Gasteiger partial charge in [0, 0.05) is 19.6 Å². The van der Waals surface area contributed by atoms with Crippen molar-refractivity contribution in [3.63, 3.8) is 0 Å². The molecule has 0 spiro atoms. The van der Waals surface area contributed by atoms with Crippen molar-refractivity contribution in [1.82, 2.24) is 10.2 Å². The van der Waals surface area contributed by atoms with Gasteiger partial charge in [-0.25, -0.2) is 4.79 Å². The van der Waals surface area contributed by atoms with Gasteiger partial charge in [-0.1, -0.05) is 19.1 Å². The summed E-state index contributed by atoms with van der Waals surface area (Å²) in [7, 11) is 0. The van der Waals surface area contributed by atoms with Gasteiger partial charge in [-0.3, -0.25) is 0 Å². The highest BCUT2D eigenvalue weighted by molar-refractivity contribution is 5.74. The molecule has 1 aromatic carbocycles. The Morgan fingerprint density at radius 1 is 1.44 bits per heavy atom. The first-order chi connectivity index (χ1) is 8.65. The lowest BCUT2D eigenvalue weighted by Gasteiger charge is -2.30. The van der Waals surface area contributed by atoms with Crippen molar-refractivity contribution < 1.29 is 9.90 Å². The van der Waals surface area contributed by atoms with Gasteiger partial charge in [-0.15, -0.1) is 0 Å². The van der Waals surface area contributed by atoms with Crippen LogP contribution in [0.25, 0.3) is 0 Å². The van der Waals surface area contributed by atoms with Crippen molar-refractivity contribution >= 4 is 6.03 Å². The van der Waals surface area contributed by atoms with Crippen LogP contribution in [0.4, 0.5) is 4.79 Å². The van der Waals surface area contributed by atoms with Crippen LogP contribution in [0.3, 0.4) is 0 Å². The molecular weight excluding hydrogens is 228 g/mol. The molecule has 1 saturated heterocycles. The van der Waals surface area contributed by atoms with Crippen molar-refractivity contribution in [2.45, 2.75) is 26.3 Å². The lowest BCUT2D eigenvalue weighted by Crippen LogP contribution is -2.43. The maximum atomic E-state index is 11.9. The Labute approximate surface area is 108 Å². The number of phenols is 1. The summed E-state index contributed by atoms with van der Waals surface area (Å²) < 4.78 is 0. The van der Waals surface area contributed by atoms with Gasteiger partial charge in [0.05, 0.1) is 0 Å². The van der Waals surface area contributed by atoms with Gasteiger partial charge < -0.3 is 15.3 Å². The Morgan fingerprint density at radius 2 is 2.17 bits per heavy atom. The molecule has 0 unspecified atom stereocenters. The minimum Gasteiger partial charge on any atom is -0.508 e. The van der Waals surface area contributed by atoms with E-state index in [1.165, 1.54) is 0 Å². The first-order valence-corrected chi connectivity index (χ1v) is 6.46. The topological polar surface area (TPSA) is 52.6 Å². The number of urea groups is 1. The third-order valence-corrected chi connectivity index (χ3v) is 3.43. The molecule has 1 aromatic rings. The van der Waals surface area contributed by atoms with Crippen LogP contribution < -0.4 is 5.32 Å². The first kappa shape index (κ1) is 12.7. The van der Waals surface area contributed by atoms with Crippen LogP contribution in [0.5, 0.6) is 5.75 Å². The van der Waals surface area contributed by atoms with E-state index in [0.717, 1.165) is 37.4 Å². The minimum atomic E-state index is -0.00903. The number of piperidine rings is 1. The molecule has 0 aromatic heterocycles. The van der Waals surface area contributed by atoms with E-state index in [1.54, 1.807) is 18.2 Å². The fraction of sp³-hybridized carbons (Fsp3) is 0.500. The predicted molar refractivity (Wildman–Crippen MR) is 70.3 cm³/mol. The van der Waals surface area contributed by atoms with E-state index < -0.39 is 0 Å². The second-order valence-corrected chi connectivity index (χ2v) is 5.00. The maximum absolute atomic E-state index is 11.9. The highest BCUT2D eigenvalue weighted by atomic mass is 16.3. The van der Waals surface area contributed by atoms with Crippen LogP contribution in [0.1, 0.15) is 25.3 Å². The number of nitrogens with zero attached hydrogens (tertiary/aromatic N) is 1. The number of likely N-dealkylation sites (tertiary alicyclic amines) is 1. The van der Waals surface area contributed by atoms with Gasteiger partial charge in [-0.2, -0.15) is 0 Å². The molecule has 4 heteroatoms. The number of hydrogen-bond donors (Lipinski definition) is 2. The Bertz CT molecular complexity index is 412. The molecule has 0 radical (unpaired) electrons. The maximum Gasteiger partial charge on any atom is 0.317 e. The Hall–Kier alpha value is -1.71. The number of phenolic OH excluding ortho intramolecular Hbond substituents is 1. The molecule has 18 heavy (non-hydrogen) atoms. The highest BCUT2D eigenvalue weighted by Gasteiger charge is 2.19. The Balaban J connectivity index is 1.81. The smallest absolute Gasteiger partial charge is 0.317 e. The van der Waals surface area contributed by atoms with Crippen LogP contribution in [-0.2, 0) is 6.54 Å². The van der Waals surface area contributed by atoms with E-state index in [9.17, 15) is 9.90 Å². The van der Waals surface area contributed by atoms with Gasteiger partial charge in [0.25, 0.3) is 0 Å². The molecule has 0 bridgehead atoms. The molecule has 0 aliphatic carbocycles. The van der Waals surface area contributed by atoms with E-state index in [1.807, 2.05) is 11.0 Å². The van der Waals surface area contributed by atoms with Crippen molar-refractivity contribution in [3.8, 4) is 5.75 Å².